The van der Waals surface area contributed by atoms with Gasteiger partial charge in [0.2, 0.25) is 9.84 Å². The number of fused-ring (bicyclic) bond motifs is 1. The number of aliphatic carboxylic acids is 1. The Bertz CT molecular complexity index is 616. The molecule has 90 valence electrons. The van der Waals surface area contributed by atoms with Gasteiger partial charge in [0, 0.05) is 0 Å². The second-order valence-corrected chi connectivity index (χ2v) is 5.66. The van der Waals surface area contributed by atoms with Gasteiger partial charge in [-0.05, 0) is 30.2 Å². The summed E-state index contributed by atoms with van der Waals surface area (Å²) in [5.41, 5.74) is 0.409. The minimum atomic E-state index is -3.71. The number of rotatable bonds is 3. The summed E-state index contributed by atoms with van der Waals surface area (Å²) in [6, 6.07) is 3.50. The molecule has 0 atom stereocenters. The van der Waals surface area contributed by atoms with Crippen molar-refractivity contribution in [2.24, 2.45) is 0 Å². The van der Waals surface area contributed by atoms with Crippen LogP contribution in [0.25, 0.3) is 6.08 Å². The minimum Gasteiger partial charge on any atom is -0.481 e. The lowest BCUT2D eigenvalue weighted by Gasteiger charge is -2.02. The molecule has 1 aromatic carbocycles. The fourth-order valence-corrected chi connectivity index (χ4v) is 3.33. The lowest BCUT2D eigenvalue weighted by atomic mass is 10.2. The number of hydrogen-bond acceptors (Lipinski definition) is 3. The first-order valence-electron chi connectivity index (χ1n) is 4.88. The van der Waals surface area contributed by atoms with Gasteiger partial charge in [0.1, 0.15) is 5.82 Å². The van der Waals surface area contributed by atoms with Gasteiger partial charge in [0.25, 0.3) is 0 Å². The Balaban J connectivity index is 2.39. The highest BCUT2D eigenvalue weighted by Crippen LogP contribution is 2.35. The van der Waals surface area contributed by atoms with E-state index in [1.165, 1.54) is 18.2 Å². The van der Waals surface area contributed by atoms with E-state index < -0.39 is 21.6 Å². The first-order valence-corrected chi connectivity index (χ1v) is 6.36. The predicted octanol–water partition coefficient (Wildman–Crippen LogP) is 1.82. The fraction of sp³-hybridized carbons (Fsp3) is 0.182. The van der Waals surface area contributed by atoms with Crippen LogP contribution >= 0.6 is 0 Å². The molecule has 0 amide bonds. The molecule has 17 heavy (non-hydrogen) atoms. The van der Waals surface area contributed by atoms with Crippen LogP contribution in [-0.4, -0.2) is 19.5 Å². The van der Waals surface area contributed by atoms with Crippen LogP contribution in [0.3, 0.4) is 0 Å². The molecule has 1 aliphatic heterocycles. The van der Waals surface area contributed by atoms with Gasteiger partial charge in [0.05, 0.1) is 16.2 Å². The average Bonchev–Trinajstić information content (AvgIpc) is 2.48. The minimum absolute atomic E-state index is 0.0282. The summed E-state index contributed by atoms with van der Waals surface area (Å²) in [7, 11) is -3.71. The summed E-state index contributed by atoms with van der Waals surface area (Å²) in [6.07, 6.45) is 1.06. The Morgan fingerprint density at radius 2 is 2.06 bits per heavy atom. The Morgan fingerprint density at radius 1 is 1.35 bits per heavy atom. The molecule has 0 spiro atoms. The van der Waals surface area contributed by atoms with E-state index in [0.717, 1.165) is 6.07 Å². The van der Waals surface area contributed by atoms with Crippen molar-refractivity contribution >= 4 is 21.9 Å². The van der Waals surface area contributed by atoms with Gasteiger partial charge < -0.3 is 5.11 Å². The number of carboxylic acid groups (broad SMARTS) is 1. The van der Waals surface area contributed by atoms with E-state index in [0.29, 0.717) is 5.56 Å². The summed E-state index contributed by atoms with van der Waals surface area (Å²) in [5, 5.41) is 8.52. The molecule has 4 nitrogen and oxygen atoms in total. The van der Waals surface area contributed by atoms with E-state index in [1.807, 2.05) is 0 Å². The SMILES string of the molecule is O=C(O)CCC1=Cc2ccc(F)cc2S1(=O)=O. The highest BCUT2D eigenvalue weighted by atomic mass is 32.2. The molecular formula is C11H9FO4S. The van der Waals surface area contributed by atoms with E-state index in [4.69, 9.17) is 5.11 Å². The van der Waals surface area contributed by atoms with Crippen molar-refractivity contribution in [1.29, 1.82) is 0 Å². The van der Waals surface area contributed by atoms with Crippen LogP contribution in [0.1, 0.15) is 18.4 Å². The van der Waals surface area contributed by atoms with E-state index in [9.17, 15) is 17.6 Å². The molecular weight excluding hydrogens is 247 g/mol. The molecule has 1 aliphatic rings. The van der Waals surface area contributed by atoms with E-state index in [-0.39, 0.29) is 22.6 Å². The van der Waals surface area contributed by atoms with Gasteiger partial charge in [-0.15, -0.1) is 0 Å². The number of halogens is 1. The predicted molar refractivity (Wildman–Crippen MR) is 58.4 cm³/mol. The van der Waals surface area contributed by atoms with Crippen LogP contribution in [0, 0.1) is 5.82 Å². The maximum Gasteiger partial charge on any atom is 0.303 e. The zero-order chi connectivity index (χ0) is 12.6. The molecule has 0 aliphatic carbocycles. The van der Waals surface area contributed by atoms with E-state index in [1.54, 1.807) is 0 Å². The van der Waals surface area contributed by atoms with E-state index in [2.05, 4.69) is 0 Å². The zero-order valence-electron chi connectivity index (χ0n) is 8.68. The molecule has 0 radical (unpaired) electrons. The van der Waals surface area contributed by atoms with Gasteiger partial charge in [-0.2, -0.15) is 0 Å². The molecule has 0 bridgehead atoms. The Kier molecular flexibility index (Phi) is 2.74. The Hall–Kier alpha value is -1.69. The largest absolute Gasteiger partial charge is 0.481 e. The van der Waals surface area contributed by atoms with Crippen LogP contribution in [-0.2, 0) is 14.6 Å². The molecule has 0 saturated heterocycles. The lowest BCUT2D eigenvalue weighted by molar-refractivity contribution is -0.136. The standard InChI is InChI=1S/C11H9FO4S/c12-8-2-1-7-5-9(3-4-11(13)14)17(15,16)10(7)6-8/h1-2,5-6H,3-4H2,(H,13,14). The monoisotopic (exact) mass is 256 g/mol. The Morgan fingerprint density at radius 3 is 2.71 bits per heavy atom. The third-order valence-corrected chi connectivity index (χ3v) is 4.46. The van der Waals surface area contributed by atoms with Gasteiger partial charge in [0.15, 0.2) is 0 Å². The molecule has 1 N–H and O–H groups in total. The number of carbonyl (C=O) groups is 1. The quantitative estimate of drug-likeness (QED) is 0.895. The van der Waals surface area contributed by atoms with Crippen molar-refractivity contribution in [2.45, 2.75) is 17.7 Å². The molecule has 2 rings (SSSR count). The normalized spacial score (nSPS) is 16.4. The highest BCUT2D eigenvalue weighted by molar-refractivity contribution is 7.95. The van der Waals surface area contributed by atoms with Crippen LogP contribution < -0.4 is 0 Å². The number of hydrogen-bond donors (Lipinski definition) is 1. The third kappa shape index (κ3) is 2.08. The zero-order valence-corrected chi connectivity index (χ0v) is 9.50. The maximum atomic E-state index is 13.0. The molecule has 1 aromatic rings. The summed E-state index contributed by atoms with van der Waals surface area (Å²) < 4.78 is 36.8. The summed E-state index contributed by atoms with van der Waals surface area (Å²) >= 11 is 0. The molecule has 6 heteroatoms. The topological polar surface area (TPSA) is 71.4 Å². The van der Waals surface area contributed by atoms with Crippen molar-refractivity contribution in [1.82, 2.24) is 0 Å². The van der Waals surface area contributed by atoms with Crippen molar-refractivity contribution in [3.05, 3.63) is 34.5 Å². The number of sulfone groups is 1. The van der Waals surface area contributed by atoms with Gasteiger partial charge in [-0.3, -0.25) is 4.79 Å². The van der Waals surface area contributed by atoms with Gasteiger partial charge in [-0.25, -0.2) is 12.8 Å². The lowest BCUT2D eigenvalue weighted by Crippen LogP contribution is -2.03. The summed E-state index contributed by atoms with van der Waals surface area (Å²) in [5.74, 6) is -1.69. The highest BCUT2D eigenvalue weighted by Gasteiger charge is 2.29. The molecule has 0 unspecified atom stereocenters. The second-order valence-electron chi connectivity index (χ2n) is 3.69. The molecule has 0 fully saturated rings. The average molecular weight is 256 g/mol. The van der Waals surface area contributed by atoms with Crippen LogP contribution in [0.2, 0.25) is 0 Å². The fourth-order valence-electron chi connectivity index (χ4n) is 1.69. The second kappa shape index (κ2) is 3.96. The van der Waals surface area contributed by atoms with Gasteiger partial charge >= 0.3 is 5.97 Å². The van der Waals surface area contributed by atoms with Crippen LogP contribution in [0.15, 0.2) is 28.0 Å². The third-order valence-electron chi connectivity index (χ3n) is 2.51. The van der Waals surface area contributed by atoms with Crippen molar-refractivity contribution in [2.75, 3.05) is 0 Å². The summed E-state index contributed by atoms with van der Waals surface area (Å²) in [4.78, 5) is 10.4. The van der Waals surface area contributed by atoms with Crippen molar-refractivity contribution in [3.8, 4) is 0 Å². The smallest absolute Gasteiger partial charge is 0.303 e. The van der Waals surface area contributed by atoms with Crippen LogP contribution in [0.4, 0.5) is 4.39 Å². The molecule has 0 saturated carbocycles. The first-order chi connectivity index (χ1) is 7.91. The molecule has 1 heterocycles. The number of allylic oxidation sites excluding steroid dienone is 1. The summed E-state index contributed by atoms with van der Waals surface area (Å²) in [6.45, 7) is 0. The van der Waals surface area contributed by atoms with Crippen molar-refractivity contribution in [3.63, 3.8) is 0 Å². The number of benzene rings is 1. The maximum absolute atomic E-state index is 13.0. The first kappa shape index (κ1) is 11.8. The van der Waals surface area contributed by atoms with E-state index >= 15 is 0 Å². The number of carboxylic acids is 1. The van der Waals surface area contributed by atoms with Crippen molar-refractivity contribution < 1.29 is 22.7 Å². The van der Waals surface area contributed by atoms with Gasteiger partial charge in [-0.1, -0.05) is 6.07 Å². The van der Waals surface area contributed by atoms with Crippen LogP contribution in [0.5, 0.6) is 0 Å². The molecule has 0 aromatic heterocycles. The Labute approximate surface area is 97.3 Å².